The highest BCUT2D eigenvalue weighted by Gasteiger charge is 2.30. The van der Waals surface area contributed by atoms with E-state index in [1.165, 1.54) is 12.1 Å². The minimum absolute atomic E-state index is 0.0107. The van der Waals surface area contributed by atoms with E-state index in [1.807, 2.05) is 30.3 Å². The van der Waals surface area contributed by atoms with Gasteiger partial charge < -0.3 is 9.47 Å². The number of hydrogen-bond donors (Lipinski definition) is 1. The van der Waals surface area contributed by atoms with Crippen LogP contribution in [0.25, 0.3) is 5.57 Å². The molecule has 0 saturated carbocycles. The predicted molar refractivity (Wildman–Crippen MR) is 121 cm³/mol. The number of allylic oxidation sites excluding steroid dienone is 3. The van der Waals surface area contributed by atoms with Crippen LogP contribution in [0.2, 0.25) is 0 Å². The zero-order chi connectivity index (χ0) is 22.6. The Morgan fingerprint density at radius 2 is 1.70 bits per heavy atom. The summed E-state index contributed by atoms with van der Waals surface area (Å²) in [6, 6.07) is 14.9. The molecule has 0 amide bonds. The van der Waals surface area contributed by atoms with Crippen molar-refractivity contribution in [2.45, 2.75) is 25.3 Å². The van der Waals surface area contributed by atoms with Crippen LogP contribution in [0.1, 0.15) is 24.2 Å². The zero-order valence-corrected chi connectivity index (χ0v) is 17.8. The van der Waals surface area contributed by atoms with Crippen molar-refractivity contribution in [1.29, 1.82) is 0 Å². The number of Topliss-reactive ketones (excluding diaryl/α,β-unsaturated/α-hetero) is 1. The molecule has 1 aliphatic heterocycles. The molecule has 3 aromatic rings. The summed E-state index contributed by atoms with van der Waals surface area (Å²) in [5, 5.41) is 3.16. The van der Waals surface area contributed by atoms with Crippen molar-refractivity contribution < 1.29 is 18.7 Å². The van der Waals surface area contributed by atoms with Crippen molar-refractivity contribution in [3.8, 4) is 11.5 Å². The molecule has 2 heterocycles. The molecule has 0 bridgehead atoms. The van der Waals surface area contributed by atoms with E-state index in [9.17, 15) is 9.18 Å². The molecule has 5 rings (SSSR count). The Morgan fingerprint density at radius 1 is 1.00 bits per heavy atom. The van der Waals surface area contributed by atoms with E-state index in [4.69, 9.17) is 9.47 Å². The molecule has 0 spiro atoms. The first-order valence-corrected chi connectivity index (χ1v) is 10.8. The largest absolute Gasteiger partial charge is 0.482 e. The molecule has 2 aromatic carbocycles. The Hall–Kier alpha value is -3.84. The standard InChI is InChI=1S/C26H22FN3O3/c27-19-5-9-21(10-6-19)33-20-7-2-17(3-8-20)18-4-11-24-22(14-18)26(31)23(30-16-32-24)15-25-28-12-1-13-29-25/h1-3,5-10,12-14,23,30H,4,11,15-16H2. The monoisotopic (exact) mass is 443 g/mol. The van der Waals surface area contributed by atoms with Gasteiger partial charge in [0.15, 0.2) is 5.78 Å². The maximum absolute atomic E-state index is 13.3. The van der Waals surface area contributed by atoms with Crippen LogP contribution in [-0.4, -0.2) is 28.5 Å². The van der Waals surface area contributed by atoms with Gasteiger partial charge in [-0.05, 0) is 66.1 Å². The second kappa shape index (κ2) is 9.34. The number of aromatic nitrogens is 2. The van der Waals surface area contributed by atoms with E-state index in [2.05, 4.69) is 15.3 Å². The van der Waals surface area contributed by atoms with Gasteiger partial charge in [-0.2, -0.15) is 0 Å². The van der Waals surface area contributed by atoms with E-state index in [1.54, 1.807) is 30.6 Å². The number of benzene rings is 2. The quantitative estimate of drug-likeness (QED) is 0.622. The van der Waals surface area contributed by atoms with Gasteiger partial charge in [-0.1, -0.05) is 12.1 Å². The van der Waals surface area contributed by atoms with Crippen LogP contribution in [0.15, 0.2) is 84.4 Å². The molecule has 7 heteroatoms. The molecular weight excluding hydrogens is 421 g/mol. The number of ether oxygens (including phenoxy) is 2. The van der Waals surface area contributed by atoms with Gasteiger partial charge in [-0.25, -0.2) is 14.4 Å². The Kier molecular flexibility index (Phi) is 5.95. The van der Waals surface area contributed by atoms with Gasteiger partial charge in [-0.15, -0.1) is 0 Å². The highest BCUT2D eigenvalue weighted by Crippen LogP contribution is 2.34. The Balaban J connectivity index is 1.34. The molecule has 0 radical (unpaired) electrons. The summed E-state index contributed by atoms with van der Waals surface area (Å²) in [6.07, 6.45) is 7.12. The van der Waals surface area contributed by atoms with Crippen LogP contribution in [0, 0.1) is 5.82 Å². The fourth-order valence-corrected chi connectivity index (χ4v) is 3.96. The highest BCUT2D eigenvalue weighted by molar-refractivity contribution is 6.04. The summed E-state index contributed by atoms with van der Waals surface area (Å²) in [4.78, 5) is 21.8. The molecule has 1 aromatic heterocycles. The van der Waals surface area contributed by atoms with E-state index >= 15 is 0 Å². The fraction of sp³-hybridized carbons (Fsp3) is 0.192. The maximum atomic E-state index is 13.3. The third-order valence-electron chi connectivity index (χ3n) is 5.68. The van der Waals surface area contributed by atoms with Crippen LogP contribution < -0.4 is 10.1 Å². The Bertz CT molecular complexity index is 1210. The third kappa shape index (κ3) is 4.83. The van der Waals surface area contributed by atoms with Gasteiger partial charge in [-0.3, -0.25) is 10.1 Å². The van der Waals surface area contributed by atoms with Gasteiger partial charge in [0.2, 0.25) is 0 Å². The normalized spacial score (nSPS) is 18.2. The molecule has 6 nitrogen and oxygen atoms in total. The molecular formula is C26H22FN3O3. The molecule has 0 saturated heterocycles. The summed E-state index contributed by atoms with van der Waals surface area (Å²) in [7, 11) is 0. The lowest BCUT2D eigenvalue weighted by atomic mass is 9.88. The van der Waals surface area contributed by atoms with E-state index in [-0.39, 0.29) is 18.3 Å². The Morgan fingerprint density at radius 3 is 2.42 bits per heavy atom. The van der Waals surface area contributed by atoms with Crippen molar-refractivity contribution in [2.75, 3.05) is 6.73 Å². The molecule has 1 unspecified atom stereocenters. The summed E-state index contributed by atoms with van der Waals surface area (Å²) in [5.74, 6) is 2.25. The lowest BCUT2D eigenvalue weighted by Crippen LogP contribution is -2.39. The number of carbonyl (C=O) groups is 1. The SMILES string of the molecule is O=C1C2=C(CCC(c3ccc(Oc4ccc(F)cc4)cc3)=C2)OCNC1Cc1ncccn1. The second-order valence-corrected chi connectivity index (χ2v) is 7.87. The summed E-state index contributed by atoms with van der Waals surface area (Å²) >= 11 is 0. The van der Waals surface area contributed by atoms with Gasteiger partial charge in [0.05, 0.1) is 11.6 Å². The van der Waals surface area contributed by atoms with Gasteiger partial charge in [0.25, 0.3) is 0 Å². The van der Waals surface area contributed by atoms with Crippen LogP contribution in [0.3, 0.4) is 0 Å². The van der Waals surface area contributed by atoms with Crippen molar-refractivity contribution >= 4 is 11.4 Å². The average molecular weight is 443 g/mol. The number of carbonyl (C=O) groups excluding carboxylic acids is 1. The second-order valence-electron chi connectivity index (χ2n) is 7.87. The molecule has 166 valence electrons. The van der Waals surface area contributed by atoms with E-state index < -0.39 is 6.04 Å². The Labute approximate surface area is 190 Å². The van der Waals surface area contributed by atoms with Crippen molar-refractivity contribution in [1.82, 2.24) is 15.3 Å². The van der Waals surface area contributed by atoms with E-state index in [0.717, 1.165) is 23.3 Å². The first-order valence-electron chi connectivity index (χ1n) is 10.8. The third-order valence-corrected chi connectivity index (χ3v) is 5.68. The zero-order valence-electron chi connectivity index (χ0n) is 17.8. The first-order chi connectivity index (χ1) is 16.2. The lowest BCUT2D eigenvalue weighted by Gasteiger charge is -2.19. The summed E-state index contributed by atoms with van der Waals surface area (Å²) in [6.45, 7) is 0.278. The highest BCUT2D eigenvalue weighted by atomic mass is 19.1. The average Bonchev–Trinajstić information content (AvgIpc) is 3.00. The molecule has 2 aliphatic rings. The topological polar surface area (TPSA) is 73.3 Å². The smallest absolute Gasteiger partial charge is 0.183 e. The van der Waals surface area contributed by atoms with Gasteiger partial charge >= 0.3 is 0 Å². The summed E-state index contributed by atoms with van der Waals surface area (Å²) < 4.78 is 24.7. The minimum atomic E-state index is -0.443. The number of ketones is 1. The fourth-order valence-electron chi connectivity index (χ4n) is 3.96. The first kappa shape index (κ1) is 21.0. The van der Waals surface area contributed by atoms with Crippen LogP contribution in [-0.2, 0) is 16.0 Å². The summed E-state index contributed by atoms with van der Waals surface area (Å²) in [5.41, 5.74) is 2.69. The van der Waals surface area contributed by atoms with Crippen molar-refractivity contribution in [2.24, 2.45) is 0 Å². The number of nitrogens with one attached hydrogen (secondary N) is 1. The molecule has 1 aliphatic carbocycles. The molecule has 1 N–H and O–H groups in total. The van der Waals surface area contributed by atoms with Gasteiger partial charge in [0, 0.05) is 25.2 Å². The number of rotatable bonds is 5. The van der Waals surface area contributed by atoms with E-state index in [0.29, 0.717) is 35.7 Å². The van der Waals surface area contributed by atoms with Crippen LogP contribution in [0.5, 0.6) is 11.5 Å². The number of nitrogens with zero attached hydrogens (tertiary/aromatic N) is 2. The lowest BCUT2D eigenvalue weighted by molar-refractivity contribution is -0.117. The predicted octanol–water partition coefficient (Wildman–Crippen LogP) is 4.60. The molecule has 0 fully saturated rings. The maximum Gasteiger partial charge on any atom is 0.183 e. The number of hydrogen-bond acceptors (Lipinski definition) is 6. The van der Waals surface area contributed by atoms with Crippen LogP contribution in [0.4, 0.5) is 4.39 Å². The van der Waals surface area contributed by atoms with Crippen molar-refractivity contribution in [3.05, 3.63) is 102 Å². The molecule has 33 heavy (non-hydrogen) atoms. The number of halogens is 1. The van der Waals surface area contributed by atoms with Crippen molar-refractivity contribution in [3.63, 3.8) is 0 Å². The van der Waals surface area contributed by atoms with Crippen LogP contribution >= 0.6 is 0 Å². The minimum Gasteiger partial charge on any atom is -0.482 e. The van der Waals surface area contributed by atoms with Gasteiger partial charge in [0.1, 0.15) is 35.6 Å². The molecule has 1 atom stereocenters.